The Hall–Kier alpha value is -2.73. The minimum Gasteiger partial charge on any atom is -0.444 e. The van der Waals surface area contributed by atoms with Gasteiger partial charge in [0.2, 0.25) is 0 Å². The minimum absolute atomic E-state index is 0.0683. The molecule has 0 N–H and O–H groups in total. The number of benzene rings is 1. The fourth-order valence-electron chi connectivity index (χ4n) is 3.59. The highest BCUT2D eigenvalue weighted by molar-refractivity contribution is 5.90. The summed E-state index contributed by atoms with van der Waals surface area (Å²) in [5, 5.41) is 1.44. The Morgan fingerprint density at radius 3 is 2.47 bits per heavy atom. The lowest BCUT2D eigenvalue weighted by molar-refractivity contribution is -0.157. The summed E-state index contributed by atoms with van der Waals surface area (Å²) in [4.78, 5) is 42.3. The Labute approximate surface area is 181 Å². The number of hydrogen-bond donors (Lipinski definition) is 0. The zero-order valence-electron chi connectivity index (χ0n) is 17.4. The van der Waals surface area contributed by atoms with E-state index in [1.165, 1.54) is 16.9 Å². The van der Waals surface area contributed by atoms with E-state index in [0.717, 1.165) is 17.0 Å². The van der Waals surface area contributed by atoms with E-state index in [4.69, 9.17) is 9.57 Å². The predicted octanol–water partition coefficient (Wildman–Crippen LogP) is 2.55. The van der Waals surface area contributed by atoms with Crippen LogP contribution in [0.15, 0.2) is 12.1 Å². The van der Waals surface area contributed by atoms with Crippen LogP contribution in [0.5, 0.6) is 0 Å². The second-order valence-electron chi connectivity index (χ2n) is 7.57. The second-order valence-corrected chi connectivity index (χ2v) is 7.57. The fourth-order valence-corrected chi connectivity index (χ4v) is 3.59. The smallest absolute Gasteiger partial charge is 0.414 e. The number of Topliss-reactive ketones (excluding diaryl/α,β-unsaturated/α-hetero) is 2. The number of amides is 1. The van der Waals surface area contributed by atoms with Gasteiger partial charge in [-0.3, -0.25) is 19.3 Å². The molecule has 0 spiro atoms. The van der Waals surface area contributed by atoms with Crippen LogP contribution in [0.2, 0.25) is 0 Å². The van der Waals surface area contributed by atoms with Crippen molar-refractivity contribution in [3.63, 3.8) is 0 Å². The lowest BCUT2D eigenvalue weighted by atomic mass is 10.1. The van der Waals surface area contributed by atoms with Gasteiger partial charge in [0.25, 0.3) is 6.43 Å². The van der Waals surface area contributed by atoms with Gasteiger partial charge in [-0.25, -0.2) is 22.4 Å². The summed E-state index contributed by atoms with van der Waals surface area (Å²) in [7, 11) is 0. The summed E-state index contributed by atoms with van der Waals surface area (Å²) < 4.78 is 59.4. The zero-order valence-corrected chi connectivity index (χ0v) is 17.4. The maximum atomic E-state index is 14.9. The first-order chi connectivity index (χ1) is 15.2. The quantitative estimate of drug-likeness (QED) is 0.551. The molecule has 12 heteroatoms. The molecule has 2 heterocycles. The average Bonchev–Trinajstić information content (AvgIpc) is 2.93. The predicted molar refractivity (Wildman–Crippen MR) is 105 cm³/mol. The number of alkyl halides is 2. The van der Waals surface area contributed by atoms with Crippen LogP contribution in [0.1, 0.15) is 19.8 Å². The number of nitrogens with zero attached hydrogens (tertiary/aromatic N) is 3. The van der Waals surface area contributed by atoms with E-state index in [0.29, 0.717) is 0 Å². The molecule has 2 saturated heterocycles. The van der Waals surface area contributed by atoms with E-state index >= 15 is 0 Å². The summed E-state index contributed by atoms with van der Waals surface area (Å²) in [5.41, 5.74) is -0.366. The van der Waals surface area contributed by atoms with E-state index in [1.54, 1.807) is 0 Å². The van der Waals surface area contributed by atoms with Crippen molar-refractivity contribution in [2.75, 3.05) is 49.1 Å². The van der Waals surface area contributed by atoms with Crippen LogP contribution in [0, 0.1) is 11.6 Å². The number of cyclic esters (lactones) is 1. The third kappa shape index (κ3) is 5.74. The molecule has 1 amide bonds. The maximum Gasteiger partial charge on any atom is 0.414 e. The molecule has 3 rings (SSSR count). The molecule has 1 aromatic rings. The average molecular weight is 461 g/mol. The molecule has 2 fully saturated rings. The van der Waals surface area contributed by atoms with Crippen LogP contribution in [0.3, 0.4) is 0 Å². The first-order valence-electron chi connectivity index (χ1n) is 10.1. The molecule has 1 aromatic carbocycles. The topological polar surface area (TPSA) is 79.4 Å². The highest BCUT2D eigenvalue weighted by atomic mass is 19.3. The van der Waals surface area contributed by atoms with Gasteiger partial charge < -0.3 is 9.64 Å². The normalized spacial score (nSPS) is 19.9. The van der Waals surface area contributed by atoms with Crippen LogP contribution < -0.4 is 9.80 Å². The fraction of sp³-hybridized carbons (Fsp3) is 0.550. The van der Waals surface area contributed by atoms with Crippen LogP contribution in [0.25, 0.3) is 0 Å². The Morgan fingerprint density at radius 1 is 1.16 bits per heavy atom. The van der Waals surface area contributed by atoms with Crippen molar-refractivity contribution >= 4 is 29.0 Å². The van der Waals surface area contributed by atoms with Crippen molar-refractivity contribution in [2.24, 2.45) is 0 Å². The molecule has 8 nitrogen and oxygen atoms in total. The Kier molecular flexibility index (Phi) is 7.67. The number of ketones is 2. The third-order valence-electron chi connectivity index (χ3n) is 5.11. The van der Waals surface area contributed by atoms with Gasteiger partial charge in [0.1, 0.15) is 17.6 Å². The van der Waals surface area contributed by atoms with Crippen molar-refractivity contribution in [1.82, 2.24) is 5.06 Å². The molecule has 1 atom stereocenters. The van der Waals surface area contributed by atoms with E-state index in [1.807, 2.05) is 0 Å². The number of hydrogen-bond acceptors (Lipinski definition) is 7. The standard InChI is InChI=1S/C20H23F4N3O5/c1-12(28)10-26-5-4-25(6-7-31-26)18-15(21)8-13(9-16(18)22)27-11-14(32-20(27)30)2-3-17(29)19(23)24/h8-9,14,19H,2-7,10-11H2,1H3/t14-/m0/s1. The highest BCUT2D eigenvalue weighted by Crippen LogP contribution is 2.32. The molecule has 32 heavy (non-hydrogen) atoms. The van der Waals surface area contributed by atoms with Crippen LogP contribution >= 0.6 is 0 Å². The molecule has 0 aromatic heterocycles. The van der Waals surface area contributed by atoms with Gasteiger partial charge in [-0.2, -0.15) is 5.06 Å². The van der Waals surface area contributed by atoms with E-state index in [2.05, 4.69) is 0 Å². The van der Waals surface area contributed by atoms with Crippen molar-refractivity contribution in [1.29, 1.82) is 0 Å². The Morgan fingerprint density at radius 2 is 1.84 bits per heavy atom. The van der Waals surface area contributed by atoms with E-state index in [9.17, 15) is 31.9 Å². The van der Waals surface area contributed by atoms with Gasteiger partial charge in [-0.1, -0.05) is 0 Å². The summed E-state index contributed by atoms with van der Waals surface area (Å²) in [5.74, 6) is -3.16. The van der Waals surface area contributed by atoms with Crippen molar-refractivity contribution in [2.45, 2.75) is 32.3 Å². The SMILES string of the molecule is CC(=O)CN1CCN(c2c(F)cc(N3C[C@H](CCC(=O)C(F)F)OC3=O)cc2F)CCO1. The second kappa shape index (κ2) is 10.3. The molecule has 2 aliphatic heterocycles. The highest BCUT2D eigenvalue weighted by Gasteiger charge is 2.34. The number of hydroxylamine groups is 2. The van der Waals surface area contributed by atoms with Crippen LogP contribution in [-0.2, 0) is 19.2 Å². The van der Waals surface area contributed by atoms with Crippen LogP contribution in [-0.4, -0.2) is 74.6 Å². The summed E-state index contributed by atoms with van der Waals surface area (Å²) in [6, 6.07) is 1.98. The molecule has 0 radical (unpaired) electrons. The van der Waals surface area contributed by atoms with Crippen molar-refractivity contribution in [3.05, 3.63) is 23.8 Å². The Bertz CT molecular complexity index is 862. The van der Waals surface area contributed by atoms with Gasteiger partial charge in [0.05, 0.1) is 25.4 Å². The molecule has 0 unspecified atom stereocenters. The Balaban J connectivity index is 1.68. The molecule has 176 valence electrons. The zero-order chi connectivity index (χ0) is 23.4. The van der Waals surface area contributed by atoms with Crippen molar-refractivity contribution < 1.29 is 41.5 Å². The first-order valence-corrected chi connectivity index (χ1v) is 10.1. The minimum atomic E-state index is -3.10. The lowest BCUT2D eigenvalue weighted by Gasteiger charge is -2.24. The number of anilines is 2. The van der Waals surface area contributed by atoms with E-state index < -0.39 is 42.5 Å². The molecule has 0 aliphatic carbocycles. The number of rotatable bonds is 8. The molecular weight excluding hydrogens is 438 g/mol. The lowest BCUT2D eigenvalue weighted by Crippen LogP contribution is -2.33. The van der Waals surface area contributed by atoms with Gasteiger partial charge in [-0.15, -0.1) is 0 Å². The summed E-state index contributed by atoms with van der Waals surface area (Å²) in [6.07, 6.45) is -5.40. The van der Waals surface area contributed by atoms with E-state index in [-0.39, 0.29) is 62.9 Å². The van der Waals surface area contributed by atoms with Gasteiger partial charge in [-0.05, 0) is 13.3 Å². The van der Waals surface area contributed by atoms with Crippen LogP contribution in [0.4, 0.5) is 33.7 Å². The van der Waals surface area contributed by atoms with Gasteiger partial charge in [0, 0.05) is 38.2 Å². The van der Waals surface area contributed by atoms with Gasteiger partial charge >= 0.3 is 6.09 Å². The summed E-state index contributed by atoms with van der Waals surface area (Å²) >= 11 is 0. The first kappa shape index (κ1) is 23.9. The number of carbonyl (C=O) groups is 3. The molecule has 2 aliphatic rings. The number of carbonyl (C=O) groups excluding carboxylic acids is 3. The summed E-state index contributed by atoms with van der Waals surface area (Å²) in [6.45, 7) is 2.15. The molecule has 0 saturated carbocycles. The molecular formula is C20H23F4N3O5. The third-order valence-corrected chi connectivity index (χ3v) is 5.11. The molecule has 0 bridgehead atoms. The number of halogens is 4. The monoisotopic (exact) mass is 461 g/mol. The van der Waals surface area contributed by atoms with Crippen molar-refractivity contribution in [3.8, 4) is 0 Å². The largest absolute Gasteiger partial charge is 0.444 e. The number of ether oxygens (including phenoxy) is 1. The maximum absolute atomic E-state index is 14.9. The van der Waals surface area contributed by atoms with Gasteiger partial charge in [0.15, 0.2) is 17.4 Å².